The van der Waals surface area contributed by atoms with Crippen LogP contribution >= 0.6 is 0 Å². The van der Waals surface area contributed by atoms with Crippen LogP contribution in [-0.2, 0) is 0 Å². The van der Waals surface area contributed by atoms with E-state index < -0.39 is 0 Å². The Kier molecular flexibility index (Phi) is 2.99. The topological polar surface area (TPSA) is 84.8 Å². The zero-order valence-corrected chi connectivity index (χ0v) is 11.1. The number of aromatic nitrogens is 2. The van der Waals surface area contributed by atoms with Gasteiger partial charge in [-0.15, -0.1) is 0 Å². The number of benzene rings is 1. The number of hydrogen-bond acceptors (Lipinski definition) is 5. The first kappa shape index (κ1) is 12.4. The normalized spacial score (nSPS) is 13.8. The lowest BCUT2D eigenvalue weighted by Gasteiger charge is -2.10. The van der Waals surface area contributed by atoms with Gasteiger partial charge in [0.2, 0.25) is 5.88 Å². The molecule has 0 saturated heterocycles. The maximum atomic E-state index is 8.78. The molecule has 1 aromatic heterocycles. The Morgan fingerprint density at radius 2 is 1.95 bits per heavy atom. The largest absolute Gasteiger partial charge is 0.439 e. The fourth-order valence-electron chi connectivity index (χ4n) is 1.86. The summed E-state index contributed by atoms with van der Waals surface area (Å²) in [6.45, 7) is 1.84. The molecule has 5 nitrogen and oxygen atoms in total. The molecule has 3 rings (SSSR count). The molecule has 2 aromatic rings. The van der Waals surface area contributed by atoms with Crippen LogP contribution in [0.5, 0.6) is 11.6 Å². The highest BCUT2D eigenvalue weighted by molar-refractivity contribution is 5.47. The van der Waals surface area contributed by atoms with Crippen molar-refractivity contribution < 1.29 is 4.74 Å². The van der Waals surface area contributed by atoms with Crippen LogP contribution in [0.25, 0.3) is 0 Å². The second kappa shape index (κ2) is 4.82. The van der Waals surface area contributed by atoms with E-state index in [4.69, 9.17) is 15.7 Å². The van der Waals surface area contributed by atoms with Gasteiger partial charge in [-0.3, -0.25) is 0 Å². The molecule has 0 bridgehead atoms. The van der Waals surface area contributed by atoms with Gasteiger partial charge in [0.1, 0.15) is 17.4 Å². The summed E-state index contributed by atoms with van der Waals surface area (Å²) in [7, 11) is 0. The van der Waals surface area contributed by atoms with E-state index in [0.717, 1.165) is 24.2 Å². The highest BCUT2D eigenvalue weighted by atomic mass is 16.5. The van der Waals surface area contributed by atoms with Crippen molar-refractivity contribution in [1.82, 2.24) is 9.97 Å². The highest BCUT2D eigenvalue weighted by Gasteiger charge is 2.28. The zero-order valence-electron chi connectivity index (χ0n) is 11.1. The maximum Gasteiger partial charge on any atom is 0.227 e. The van der Waals surface area contributed by atoms with E-state index in [1.807, 2.05) is 6.92 Å². The van der Waals surface area contributed by atoms with Crippen molar-refractivity contribution in [2.24, 2.45) is 0 Å². The molecule has 20 heavy (non-hydrogen) atoms. The Hall–Kier alpha value is -2.61. The number of hydrogen-bond donors (Lipinski definition) is 1. The Balaban J connectivity index is 1.90. The summed E-state index contributed by atoms with van der Waals surface area (Å²) in [5.41, 5.74) is 7.24. The number of rotatable bonds is 3. The maximum absolute atomic E-state index is 8.78. The average Bonchev–Trinajstić information content (AvgIpc) is 3.29. The van der Waals surface area contributed by atoms with E-state index in [9.17, 15) is 0 Å². The van der Waals surface area contributed by atoms with Gasteiger partial charge < -0.3 is 10.5 Å². The first-order valence-corrected chi connectivity index (χ1v) is 6.49. The van der Waals surface area contributed by atoms with Gasteiger partial charge in [-0.1, -0.05) is 0 Å². The Morgan fingerprint density at radius 3 is 2.55 bits per heavy atom. The fraction of sp³-hybridized carbons (Fsp3) is 0.267. The summed E-state index contributed by atoms with van der Waals surface area (Å²) in [5.74, 6) is 2.76. The first-order valence-electron chi connectivity index (χ1n) is 6.49. The number of anilines is 1. The average molecular weight is 266 g/mol. The van der Waals surface area contributed by atoms with Crippen LogP contribution in [0.1, 0.15) is 35.7 Å². The quantitative estimate of drug-likeness (QED) is 0.923. The Bertz CT molecular complexity index is 684. The molecule has 0 unspecified atom stereocenters. The number of ether oxygens (including phenoxy) is 1. The van der Waals surface area contributed by atoms with Crippen molar-refractivity contribution in [1.29, 1.82) is 5.26 Å². The molecule has 1 aliphatic carbocycles. The summed E-state index contributed by atoms with van der Waals surface area (Å²) in [6.07, 6.45) is 2.22. The van der Waals surface area contributed by atoms with E-state index >= 15 is 0 Å². The number of nitrogens with two attached hydrogens (primary N) is 1. The van der Waals surface area contributed by atoms with Crippen LogP contribution in [0.4, 0.5) is 5.82 Å². The lowest BCUT2D eigenvalue weighted by molar-refractivity contribution is 0.455. The van der Waals surface area contributed by atoms with Crippen LogP contribution < -0.4 is 10.5 Å². The van der Waals surface area contributed by atoms with Gasteiger partial charge in [-0.05, 0) is 44.0 Å². The minimum Gasteiger partial charge on any atom is -0.439 e. The summed E-state index contributed by atoms with van der Waals surface area (Å²) in [5, 5.41) is 8.78. The Morgan fingerprint density at radius 1 is 1.25 bits per heavy atom. The molecule has 0 aliphatic heterocycles. The van der Waals surface area contributed by atoms with Crippen LogP contribution in [0.2, 0.25) is 0 Å². The van der Waals surface area contributed by atoms with E-state index in [2.05, 4.69) is 16.0 Å². The molecule has 1 aromatic carbocycles. The van der Waals surface area contributed by atoms with Crippen LogP contribution in [0, 0.1) is 18.3 Å². The molecule has 2 N–H and O–H groups in total. The fourth-order valence-corrected chi connectivity index (χ4v) is 1.86. The molecule has 1 aliphatic rings. The van der Waals surface area contributed by atoms with Gasteiger partial charge in [-0.2, -0.15) is 10.2 Å². The third-order valence-electron chi connectivity index (χ3n) is 3.30. The third-order valence-corrected chi connectivity index (χ3v) is 3.30. The van der Waals surface area contributed by atoms with Gasteiger partial charge in [0, 0.05) is 5.92 Å². The third kappa shape index (κ3) is 2.41. The van der Waals surface area contributed by atoms with Crippen LogP contribution in [-0.4, -0.2) is 9.97 Å². The molecule has 0 atom stereocenters. The first-order chi connectivity index (χ1) is 9.67. The molecule has 1 saturated carbocycles. The lowest BCUT2D eigenvalue weighted by atomic mass is 10.2. The van der Waals surface area contributed by atoms with Crippen LogP contribution in [0.15, 0.2) is 24.3 Å². The number of nitriles is 1. The minimum absolute atomic E-state index is 0.418. The molecule has 1 fully saturated rings. The number of nitrogen functional groups attached to an aromatic ring is 1. The smallest absolute Gasteiger partial charge is 0.227 e. The second-order valence-electron chi connectivity index (χ2n) is 4.91. The summed E-state index contributed by atoms with van der Waals surface area (Å²) in [6, 6.07) is 8.97. The lowest BCUT2D eigenvalue weighted by Crippen LogP contribution is -2.04. The van der Waals surface area contributed by atoms with Crippen molar-refractivity contribution in [3.8, 4) is 17.7 Å². The second-order valence-corrected chi connectivity index (χ2v) is 4.91. The van der Waals surface area contributed by atoms with Crippen molar-refractivity contribution >= 4 is 5.82 Å². The molecule has 0 radical (unpaired) electrons. The summed E-state index contributed by atoms with van der Waals surface area (Å²) in [4.78, 5) is 8.76. The van der Waals surface area contributed by atoms with Crippen LogP contribution in [0.3, 0.4) is 0 Å². The van der Waals surface area contributed by atoms with E-state index in [1.165, 1.54) is 0 Å². The van der Waals surface area contributed by atoms with Gasteiger partial charge in [-0.25, -0.2) is 4.98 Å². The van der Waals surface area contributed by atoms with E-state index in [-0.39, 0.29) is 0 Å². The minimum atomic E-state index is 0.418. The zero-order chi connectivity index (χ0) is 14.1. The molecule has 100 valence electrons. The monoisotopic (exact) mass is 266 g/mol. The van der Waals surface area contributed by atoms with Crippen molar-refractivity contribution in [3.05, 3.63) is 41.2 Å². The number of nitrogens with zero attached hydrogens (tertiary/aromatic N) is 3. The molecule has 0 spiro atoms. The molecule has 1 heterocycles. The van der Waals surface area contributed by atoms with E-state index in [1.54, 1.807) is 24.3 Å². The molecule has 0 amide bonds. The van der Waals surface area contributed by atoms with Gasteiger partial charge in [0.25, 0.3) is 0 Å². The molecular formula is C15H14N4O. The summed E-state index contributed by atoms with van der Waals surface area (Å²) >= 11 is 0. The van der Waals surface area contributed by atoms with Gasteiger partial charge in [0.05, 0.1) is 17.2 Å². The predicted molar refractivity (Wildman–Crippen MR) is 74.4 cm³/mol. The van der Waals surface area contributed by atoms with Gasteiger partial charge in [0.15, 0.2) is 0 Å². The van der Waals surface area contributed by atoms with Crippen molar-refractivity contribution in [3.63, 3.8) is 0 Å². The predicted octanol–water partition coefficient (Wildman–Crippen LogP) is 2.91. The van der Waals surface area contributed by atoms with Gasteiger partial charge >= 0.3 is 0 Å². The standard InChI is InChI=1S/C15H14N4O/c1-9-13(17)18-14(11-4-5-11)19-15(9)20-12-6-2-10(8-16)3-7-12/h2-3,6-7,11H,4-5H2,1H3,(H2,17,18,19). The SMILES string of the molecule is Cc1c(N)nc(C2CC2)nc1Oc1ccc(C#N)cc1. The highest BCUT2D eigenvalue weighted by Crippen LogP contribution is 2.40. The van der Waals surface area contributed by atoms with Crippen molar-refractivity contribution in [2.45, 2.75) is 25.7 Å². The molecular weight excluding hydrogens is 252 g/mol. The molecule has 5 heteroatoms. The summed E-state index contributed by atoms with van der Waals surface area (Å²) < 4.78 is 5.77. The Labute approximate surface area is 117 Å². The van der Waals surface area contributed by atoms with E-state index in [0.29, 0.717) is 28.9 Å². The van der Waals surface area contributed by atoms with Crippen molar-refractivity contribution in [2.75, 3.05) is 5.73 Å².